The molecule has 5 heteroatoms. The Labute approximate surface area is 184 Å². The molecular formula is C26H31NO4. The average molecular weight is 422 g/mol. The SMILES string of the molecule is CC(C)Oc1ccc(Oc2ccc3cc(CCNC(=O)OC(C)(C)C)ccc3c2)cc1. The van der Waals surface area contributed by atoms with Crippen molar-refractivity contribution in [2.75, 3.05) is 6.54 Å². The molecule has 1 N–H and O–H groups in total. The minimum absolute atomic E-state index is 0.144. The predicted octanol–water partition coefficient (Wildman–Crippen LogP) is 6.49. The Hall–Kier alpha value is -3.21. The molecule has 0 saturated heterocycles. The zero-order valence-corrected chi connectivity index (χ0v) is 18.9. The van der Waals surface area contributed by atoms with E-state index in [1.54, 1.807) is 0 Å². The molecule has 0 fully saturated rings. The molecule has 0 bridgehead atoms. The normalized spacial score (nSPS) is 11.4. The van der Waals surface area contributed by atoms with E-state index in [0.717, 1.165) is 40.0 Å². The second kappa shape index (κ2) is 9.73. The van der Waals surface area contributed by atoms with Gasteiger partial charge in [-0.1, -0.05) is 24.3 Å². The van der Waals surface area contributed by atoms with Gasteiger partial charge in [0.15, 0.2) is 0 Å². The summed E-state index contributed by atoms with van der Waals surface area (Å²) in [6, 6.07) is 19.9. The summed E-state index contributed by atoms with van der Waals surface area (Å²) in [5, 5.41) is 5.02. The van der Waals surface area contributed by atoms with Crippen LogP contribution in [-0.2, 0) is 11.2 Å². The number of carbonyl (C=O) groups excluding carboxylic acids is 1. The molecule has 5 nitrogen and oxygen atoms in total. The molecule has 3 aromatic carbocycles. The number of nitrogens with one attached hydrogen (secondary N) is 1. The molecular weight excluding hydrogens is 390 g/mol. The number of benzene rings is 3. The molecule has 0 radical (unpaired) electrons. The van der Waals surface area contributed by atoms with E-state index in [9.17, 15) is 4.79 Å². The molecule has 0 aliphatic carbocycles. The van der Waals surface area contributed by atoms with Crippen molar-refractivity contribution in [3.8, 4) is 17.2 Å². The van der Waals surface area contributed by atoms with Gasteiger partial charge in [-0.05, 0) is 93.8 Å². The van der Waals surface area contributed by atoms with Gasteiger partial charge in [0.1, 0.15) is 22.8 Å². The number of hydrogen-bond acceptors (Lipinski definition) is 4. The molecule has 0 saturated carbocycles. The van der Waals surface area contributed by atoms with Gasteiger partial charge < -0.3 is 19.5 Å². The molecule has 0 atom stereocenters. The Kier molecular flexibility index (Phi) is 7.06. The Bertz CT molecular complexity index is 1020. The Morgan fingerprint density at radius 3 is 2.16 bits per heavy atom. The fourth-order valence-electron chi connectivity index (χ4n) is 3.11. The second-order valence-corrected chi connectivity index (χ2v) is 8.76. The molecule has 0 spiro atoms. The monoisotopic (exact) mass is 421 g/mol. The van der Waals surface area contributed by atoms with Crippen LogP contribution in [-0.4, -0.2) is 24.3 Å². The summed E-state index contributed by atoms with van der Waals surface area (Å²) >= 11 is 0. The van der Waals surface area contributed by atoms with Crippen molar-refractivity contribution >= 4 is 16.9 Å². The average Bonchev–Trinajstić information content (AvgIpc) is 2.68. The molecule has 0 heterocycles. The van der Waals surface area contributed by atoms with Crippen LogP contribution in [0.1, 0.15) is 40.2 Å². The van der Waals surface area contributed by atoms with Crippen LogP contribution in [0.2, 0.25) is 0 Å². The van der Waals surface area contributed by atoms with E-state index >= 15 is 0 Å². The summed E-state index contributed by atoms with van der Waals surface area (Å²) in [5.74, 6) is 2.37. The fourth-order valence-corrected chi connectivity index (χ4v) is 3.11. The summed E-state index contributed by atoms with van der Waals surface area (Å²) in [6.07, 6.45) is 0.488. The van der Waals surface area contributed by atoms with Crippen LogP contribution in [0.4, 0.5) is 4.79 Å². The summed E-state index contributed by atoms with van der Waals surface area (Å²) in [6.45, 7) is 10.1. The van der Waals surface area contributed by atoms with Gasteiger partial charge in [0.25, 0.3) is 0 Å². The number of fused-ring (bicyclic) bond motifs is 1. The van der Waals surface area contributed by atoms with Crippen molar-refractivity contribution in [3.05, 3.63) is 66.2 Å². The lowest BCUT2D eigenvalue weighted by atomic mass is 10.0. The van der Waals surface area contributed by atoms with E-state index in [1.807, 2.05) is 77.1 Å². The van der Waals surface area contributed by atoms with Crippen LogP contribution in [0.25, 0.3) is 10.8 Å². The topological polar surface area (TPSA) is 56.8 Å². The Balaban J connectivity index is 1.59. The number of ether oxygens (including phenoxy) is 3. The van der Waals surface area contributed by atoms with Gasteiger partial charge in [0, 0.05) is 6.54 Å². The Morgan fingerprint density at radius 1 is 0.871 bits per heavy atom. The third-order valence-electron chi connectivity index (χ3n) is 4.39. The summed E-state index contributed by atoms with van der Waals surface area (Å²) in [4.78, 5) is 11.8. The molecule has 31 heavy (non-hydrogen) atoms. The van der Waals surface area contributed by atoms with Crippen LogP contribution in [0.15, 0.2) is 60.7 Å². The highest BCUT2D eigenvalue weighted by atomic mass is 16.6. The van der Waals surface area contributed by atoms with Gasteiger partial charge in [-0.3, -0.25) is 0 Å². The number of alkyl carbamates (subject to hydrolysis) is 1. The van der Waals surface area contributed by atoms with Crippen molar-refractivity contribution in [2.24, 2.45) is 0 Å². The Morgan fingerprint density at radius 2 is 1.48 bits per heavy atom. The van der Waals surface area contributed by atoms with E-state index in [-0.39, 0.29) is 12.2 Å². The van der Waals surface area contributed by atoms with Crippen molar-refractivity contribution in [3.63, 3.8) is 0 Å². The van der Waals surface area contributed by atoms with Crippen LogP contribution in [0.3, 0.4) is 0 Å². The third kappa shape index (κ3) is 7.21. The molecule has 164 valence electrons. The van der Waals surface area contributed by atoms with E-state index in [2.05, 4.69) is 23.5 Å². The van der Waals surface area contributed by atoms with Gasteiger partial charge >= 0.3 is 6.09 Å². The van der Waals surface area contributed by atoms with Gasteiger partial charge in [-0.2, -0.15) is 0 Å². The number of rotatable bonds is 7. The highest BCUT2D eigenvalue weighted by molar-refractivity contribution is 5.84. The van der Waals surface area contributed by atoms with Crippen LogP contribution < -0.4 is 14.8 Å². The van der Waals surface area contributed by atoms with E-state index in [0.29, 0.717) is 6.54 Å². The number of hydrogen-bond donors (Lipinski definition) is 1. The summed E-state index contributed by atoms with van der Waals surface area (Å²) < 4.78 is 16.9. The number of amides is 1. The molecule has 0 aliphatic rings. The van der Waals surface area contributed by atoms with Crippen molar-refractivity contribution in [2.45, 2.75) is 52.7 Å². The van der Waals surface area contributed by atoms with Crippen molar-refractivity contribution in [1.29, 1.82) is 0 Å². The number of carbonyl (C=O) groups is 1. The van der Waals surface area contributed by atoms with Crippen molar-refractivity contribution < 1.29 is 19.0 Å². The third-order valence-corrected chi connectivity index (χ3v) is 4.39. The maximum atomic E-state index is 11.8. The van der Waals surface area contributed by atoms with Crippen LogP contribution in [0, 0.1) is 0 Å². The lowest BCUT2D eigenvalue weighted by Gasteiger charge is -2.19. The molecule has 3 rings (SSSR count). The molecule has 0 aromatic heterocycles. The first-order chi connectivity index (χ1) is 14.7. The minimum atomic E-state index is -0.489. The van der Waals surface area contributed by atoms with Crippen molar-refractivity contribution in [1.82, 2.24) is 5.32 Å². The largest absolute Gasteiger partial charge is 0.491 e. The van der Waals surface area contributed by atoms with Gasteiger partial charge in [0.2, 0.25) is 0 Å². The van der Waals surface area contributed by atoms with Gasteiger partial charge in [0.05, 0.1) is 6.10 Å². The van der Waals surface area contributed by atoms with E-state index in [1.165, 1.54) is 0 Å². The molecule has 3 aromatic rings. The molecule has 0 aliphatic heterocycles. The minimum Gasteiger partial charge on any atom is -0.491 e. The first kappa shape index (κ1) is 22.5. The second-order valence-electron chi connectivity index (χ2n) is 8.76. The standard InChI is InChI=1S/C26H31NO4/c1-18(2)29-22-10-12-23(13-11-22)30-24-9-8-20-16-19(6-7-21(20)17-24)14-15-27-25(28)31-26(3,4)5/h6-13,16-18H,14-15H2,1-5H3,(H,27,28). The summed E-state index contributed by atoms with van der Waals surface area (Å²) in [5.41, 5.74) is 0.662. The first-order valence-electron chi connectivity index (χ1n) is 10.6. The summed E-state index contributed by atoms with van der Waals surface area (Å²) in [7, 11) is 0. The predicted molar refractivity (Wildman–Crippen MR) is 124 cm³/mol. The van der Waals surface area contributed by atoms with Gasteiger partial charge in [-0.25, -0.2) is 4.79 Å². The van der Waals surface area contributed by atoms with E-state index < -0.39 is 5.60 Å². The smallest absolute Gasteiger partial charge is 0.407 e. The highest BCUT2D eigenvalue weighted by Gasteiger charge is 2.15. The quantitative estimate of drug-likeness (QED) is 0.474. The molecule has 1 amide bonds. The maximum Gasteiger partial charge on any atom is 0.407 e. The zero-order chi connectivity index (χ0) is 22.4. The fraction of sp³-hybridized carbons (Fsp3) is 0.346. The first-order valence-corrected chi connectivity index (χ1v) is 10.6. The maximum absolute atomic E-state index is 11.8. The lowest BCUT2D eigenvalue weighted by Crippen LogP contribution is -2.33. The van der Waals surface area contributed by atoms with Crippen LogP contribution >= 0.6 is 0 Å². The lowest BCUT2D eigenvalue weighted by molar-refractivity contribution is 0.0528. The highest BCUT2D eigenvalue weighted by Crippen LogP contribution is 2.28. The van der Waals surface area contributed by atoms with E-state index in [4.69, 9.17) is 14.2 Å². The molecule has 0 unspecified atom stereocenters. The zero-order valence-electron chi connectivity index (χ0n) is 18.9. The van der Waals surface area contributed by atoms with Crippen LogP contribution in [0.5, 0.6) is 17.2 Å². The van der Waals surface area contributed by atoms with Gasteiger partial charge in [-0.15, -0.1) is 0 Å².